The van der Waals surface area contributed by atoms with Crippen LogP contribution in [0.4, 0.5) is 22.0 Å². The van der Waals surface area contributed by atoms with Gasteiger partial charge in [-0.2, -0.15) is 22.0 Å². The van der Waals surface area contributed by atoms with Crippen LogP contribution in [0.25, 0.3) is 0 Å². The largest absolute Gasteiger partial charge is 0.488 e. The molecule has 2 fully saturated rings. The summed E-state index contributed by atoms with van der Waals surface area (Å²) in [5.74, 6) is -3.14. The second kappa shape index (κ2) is 11.5. The van der Waals surface area contributed by atoms with Crippen LogP contribution in [-0.4, -0.2) is 58.2 Å². The molecule has 4 nitrogen and oxygen atoms in total. The van der Waals surface area contributed by atoms with Gasteiger partial charge in [0, 0.05) is 35.8 Å². The molecule has 214 valence electrons. The lowest BCUT2D eigenvalue weighted by Crippen LogP contribution is -2.48. The van der Waals surface area contributed by atoms with Crippen molar-refractivity contribution in [2.75, 3.05) is 18.6 Å². The molecule has 0 saturated heterocycles. The van der Waals surface area contributed by atoms with Gasteiger partial charge in [0.05, 0.1) is 6.10 Å². The molecule has 1 aromatic rings. The van der Waals surface area contributed by atoms with Gasteiger partial charge in [0.15, 0.2) is 0 Å². The Hall–Kier alpha value is -1.04. The predicted octanol–water partition coefficient (Wildman–Crippen LogP) is 4.97. The maximum atomic E-state index is 13.2. The van der Waals surface area contributed by atoms with Gasteiger partial charge < -0.3 is 14.8 Å². The Labute approximate surface area is 224 Å². The minimum atomic E-state index is -5.58. The average Bonchev–Trinajstić information content (AvgIpc) is 3.18. The number of hydrogen-bond acceptors (Lipinski definition) is 4. The van der Waals surface area contributed by atoms with Crippen molar-refractivity contribution in [3.05, 3.63) is 29.3 Å². The predicted molar refractivity (Wildman–Crippen MR) is 138 cm³/mol. The van der Waals surface area contributed by atoms with Crippen LogP contribution in [0.5, 0.6) is 0 Å². The third-order valence-electron chi connectivity index (χ3n) is 9.65. The molecule has 0 amide bonds. The van der Waals surface area contributed by atoms with Crippen molar-refractivity contribution < 1.29 is 40.9 Å². The monoisotopic (exact) mass is 564 g/mol. The summed E-state index contributed by atoms with van der Waals surface area (Å²) in [5.41, 5.74) is 2.92. The molecule has 0 aliphatic heterocycles. The minimum absolute atomic E-state index is 0.0828. The first-order valence-electron chi connectivity index (χ1n) is 13.6. The third kappa shape index (κ3) is 5.86. The SMILES string of the molecule is CO[C@H]1CC[C@H]2[C@@H]3[C@H](CCCS(=O)CCCC(F)(F)C(F)(F)F)Cc4cc(B(O)O)ccc4[C@H]3CC[C@]12C. The quantitative estimate of drug-likeness (QED) is 0.311. The number of ether oxygens (including phenoxy) is 1. The van der Waals surface area contributed by atoms with E-state index in [0.717, 1.165) is 44.1 Å². The van der Waals surface area contributed by atoms with Crippen LogP contribution in [0, 0.1) is 23.2 Å². The van der Waals surface area contributed by atoms with E-state index in [4.69, 9.17) is 4.74 Å². The van der Waals surface area contributed by atoms with E-state index in [0.29, 0.717) is 29.6 Å². The summed E-state index contributed by atoms with van der Waals surface area (Å²) in [6, 6.07) is 5.70. The van der Waals surface area contributed by atoms with Crippen molar-refractivity contribution in [3.8, 4) is 0 Å². The zero-order chi connectivity index (χ0) is 27.9. The average molecular weight is 564 g/mol. The van der Waals surface area contributed by atoms with Crippen molar-refractivity contribution in [2.24, 2.45) is 23.2 Å². The maximum Gasteiger partial charge on any atom is 0.488 e. The molecule has 11 heteroatoms. The van der Waals surface area contributed by atoms with Crippen LogP contribution in [0.15, 0.2) is 18.2 Å². The highest BCUT2D eigenvalue weighted by atomic mass is 32.2. The summed E-state index contributed by atoms with van der Waals surface area (Å²) in [5, 5.41) is 19.4. The second-order valence-electron chi connectivity index (χ2n) is 11.7. The topological polar surface area (TPSA) is 66.8 Å². The van der Waals surface area contributed by atoms with E-state index < -0.39 is 42.9 Å². The molecule has 0 heterocycles. The molecule has 3 aliphatic carbocycles. The molecule has 0 radical (unpaired) electrons. The summed E-state index contributed by atoms with van der Waals surface area (Å²) in [6.07, 6.45) is -0.830. The van der Waals surface area contributed by atoms with Crippen LogP contribution in [0.1, 0.15) is 75.3 Å². The first-order valence-corrected chi connectivity index (χ1v) is 15.1. The van der Waals surface area contributed by atoms with Crippen molar-refractivity contribution >= 4 is 23.4 Å². The van der Waals surface area contributed by atoms with Crippen LogP contribution in [-0.2, 0) is 22.0 Å². The van der Waals surface area contributed by atoms with Crippen molar-refractivity contribution in [3.63, 3.8) is 0 Å². The van der Waals surface area contributed by atoms with Crippen LogP contribution in [0.3, 0.4) is 0 Å². The fourth-order valence-electron chi connectivity index (χ4n) is 7.80. The number of halogens is 5. The lowest BCUT2D eigenvalue weighted by molar-refractivity contribution is -0.284. The van der Waals surface area contributed by atoms with E-state index in [9.17, 15) is 36.2 Å². The Bertz CT molecular complexity index is 1010. The van der Waals surface area contributed by atoms with Crippen LogP contribution < -0.4 is 5.46 Å². The number of alkyl halides is 5. The van der Waals surface area contributed by atoms with E-state index in [1.807, 2.05) is 12.1 Å². The fraction of sp³-hybridized carbons (Fsp3) is 0.778. The van der Waals surface area contributed by atoms with Gasteiger partial charge >= 0.3 is 19.2 Å². The van der Waals surface area contributed by atoms with E-state index in [2.05, 4.69) is 6.92 Å². The standard InChI is InChI=1S/C27H38BF5O4S/c1-25-12-10-21-20-7-6-19(28(34)35)16-18(20)15-17(24(21)22(25)8-9-23(25)37-2)5-3-13-38(36)14-4-11-26(29,30)27(31,32)33/h6-7,16-17,21-24,34-35H,3-5,8-15H2,1-2H3/t17-,21-,22+,23+,24-,25+,38?/m1/s1. The highest BCUT2D eigenvalue weighted by molar-refractivity contribution is 7.84. The number of benzene rings is 1. The highest BCUT2D eigenvalue weighted by Gasteiger charge is 2.58. The Morgan fingerprint density at radius 1 is 1.11 bits per heavy atom. The minimum Gasteiger partial charge on any atom is -0.423 e. The molecular weight excluding hydrogens is 526 g/mol. The molecule has 7 atom stereocenters. The fourth-order valence-corrected chi connectivity index (χ4v) is 8.96. The summed E-state index contributed by atoms with van der Waals surface area (Å²) in [4.78, 5) is 0. The van der Waals surface area contributed by atoms with Gasteiger partial charge in [-0.05, 0) is 97.0 Å². The number of methoxy groups -OCH3 is 1. The summed E-state index contributed by atoms with van der Waals surface area (Å²) in [7, 11) is -1.23. The van der Waals surface area contributed by atoms with Crippen molar-refractivity contribution in [2.45, 2.75) is 88.8 Å². The second-order valence-corrected chi connectivity index (χ2v) is 13.4. The Morgan fingerprint density at radius 2 is 1.82 bits per heavy atom. The molecule has 2 saturated carbocycles. The molecular formula is C27H38BF5O4S. The Kier molecular flexibility index (Phi) is 9.02. The van der Waals surface area contributed by atoms with Gasteiger partial charge in [0.2, 0.25) is 0 Å². The Morgan fingerprint density at radius 3 is 2.47 bits per heavy atom. The summed E-state index contributed by atoms with van der Waals surface area (Å²) < 4.78 is 81.8. The zero-order valence-electron chi connectivity index (χ0n) is 22.0. The highest BCUT2D eigenvalue weighted by Crippen LogP contribution is 2.63. The van der Waals surface area contributed by atoms with Crippen molar-refractivity contribution in [1.82, 2.24) is 0 Å². The van der Waals surface area contributed by atoms with E-state index in [-0.39, 0.29) is 28.9 Å². The molecule has 0 aromatic heterocycles. The van der Waals surface area contributed by atoms with Crippen LogP contribution in [0.2, 0.25) is 0 Å². The van der Waals surface area contributed by atoms with Gasteiger partial charge in [-0.25, -0.2) is 0 Å². The lowest BCUT2D eigenvalue weighted by Gasteiger charge is -2.53. The number of rotatable bonds is 10. The molecule has 0 bridgehead atoms. The van der Waals surface area contributed by atoms with Crippen molar-refractivity contribution in [1.29, 1.82) is 0 Å². The summed E-state index contributed by atoms with van der Waals surface area (Å²) in [6.45, 7) is 2.33. The molecule has 2 N–H and O–H groups in total. The summed E-state index contributed by atoms with van der Waals surface area (Å²) >= 11 is 0. The first kappa shape index (κ1) is 29.9. The molecule has 1 unspecified atom stereocenters. The van der Waals surface area contributed by atoms with E-state index in [1.165, 1.54) is 5.56 Å². The third-order valence-corrected chi connectivity index (χ3v) is 11.1. The molecule has 4 rings (SSSR count). The smallest absolute Gasteiger partial charge is 0.423 e. The maximum absolute atomic E-state index is 13.2. The van der Waals surface area contributed by atoms with E-state index in [1.54, 1.807) is 13.2 Å². The van der Waals surface area contributed by atoms with Gasteiger partial charge in [-0.1, -0.05) is 25.1 Å². The molecule has 3 aliphatic rings. The van der Waals surface area contributed by atoms with Crippen LogP contribution >= 0.6 is 0 Å². The Balaban J connectivity index is 1.44. The van der Waals surface area contributed by atoms with Gasteiger partial charge in [-0.3, -0.25) is 4.21 Å². The van der Waals surface area contributed by atoms with Gasteiger partial charge in [-0.15, -0.1) is 0 Å². The molecule has 1 aromatic carbocycles. The molecule has 0 spiro atoms. The first-order chi connectivity index (χ1) is 17.8. The zero-order valence-corrected chi connectivity index (χ0v) is 22.8. The normalized spacial score (nSPS) is 31.9. The molecule has 38 heavy (non-hydrogen) atoms. The number of fused-ring (bicyclic) bond motifs is 5. The lowest BCUT2D eigenvalue weighted by atomic mass is 9.52. The van der Waals surface area contributed by atoms with Gasteiger partial charge in [0.1, 0.15) is 0 Å². The number of hydrogen-bond donors (Lipinski definition) is 2. The van der Waals surface area contributed by atoms with E-state index >= 15 is 0 Å². The van der Waals surface area contributed by atoms with Gasteiger partial charge in [0.25, 0.3) is 0 Å².